The first-order valence-electron chi connectivity index (χ1n) is 13.7. The van der Waals surface area contributed by atoms with Gasteiger partial charge >= 0.3 is 0 Å². The number of hydrogen-bond donors (Lipinski definition) is 3. The van der Waals surface area contributed by atoms with Gasteiger partial charge in [-0.15, -0.1) is 0 Å². The third-order valence-electron chi connectivity index (χ3n) is 7.50. The molecular weight excluding hydrogens is 662 g/mol. The van der Waals surface area contributed by atoms with Crippen molar-refractivity contribution >= 4 is 50.2 Å². The molecule has 4 aromatic rings. The first-order valence-corrected chi connectivity index (χ1v) is 14.8. The smallest absolute Gasteiger partial charge is 0.252 e. The molecule has 1 fully saturated rings. The maximum Gasteiger partial charge on any atom is 0.252 e. The summed E-state index contributed by atoms with van der Waals surface area (Å²) in [6.07, 6.45) is 1.21. The highest BCUT2D eigenvalue weighted by molar-refractivity contribution is 9.10. The Hall–Kier alpha value is -3.87. The number of methoxy groups -OCH3 is 1. The minimum atomic E-state index is -1.78. The quantitative estimate of drug-likeness (QED) is 0.178. The van der Waals surface area contributed by atoms with Crippen LogP contribution in [0, 0.1) is 24.5 Å². The number of pyridine rings is 2. The van der Waals surface area contributed by atoms with E-state index in [0.717, 1.165) is 6.07 Å². The summed E-state index contributed by atoms with van der Waals surface area (Å²) in [5, 5.41) is 15.8. The van der Waals surface area contributed by atoms with Gasteiger partial charge < -0.3 is 25.6 Å². The topological polar surface area (TPSA) is 137 Å². The second kappa shape index (κ2) is 12.3. The molecule has 0 spiro atoms. The number of primary amides is 1. The fourth-order valence-corrected chi connectivity index (χ4v) is 5.55. The van der Waals surface area contributed by atoms with Crippen LogP contribution in [0.1, 0.15) is 51.9 Å². The fourth-order valence-electron chi connectivity index (χ4n) is 5.05. The van der Waals surface area contributed by atoms with Gasteiger partial charge in [0.1, 0.15) is 34.2 Å². The van der Waals surface area contributed by atoms with Gasteiger partial charge in [-0.25, -0.2) is 18.7 Å². The number of fused-ring (bicyclic) bond motifs is 1. The first kappa shape index (κ1) is 31.6. The molecule has 0 bridgehead atoms. The maximum atomic E-state index is 15.1. The normalized spacial score (nSPS) is 14.3. The molecule has 0 aliphatic heterocycles. The number of halogens is 4. The summed E-state index contributed by atoms with van der Waals surface area (Å²) in [7, 11) is 1.46. The van der Waals surface area contributed by atoms with Crippen molar-refractivity contribution in [3.63, 3.8) is 0 Å². The number of ether oxygens (including phenoxy) is 2. The van der Waals surface area contributed by atoms with Gasteiger partial charge in [-0.3, -0.25) is 9.59 Å². The van der Waals surface area contributed by atoms with Crippen molar-refractivity contribution in [3.05, 3.63) is 80.0 Å². The molecule has 230 valence electrons. The summed E-state index contributed by atoms with van der Waals surface area (Å²) in [6, 6.07) is 7.94. The lowest BCUT2D eigenvalue weighted by atomic mass is 9.90. The number of carbonyl (C=O) groups excluding carboxylic acids is 2. The van der Waals surface area contributed by atoms with E-state index in [9.17, 15) is 19.1 Å². The van der Waals surface area contributed by atoms with Crippen LogP contribution in [0.25, 0.3) is 22.2 Å². The zero-order chi connectivity index (χ0) is 31.9. The molecule has 5 rings (SSSR count). The number of aliphatic hydroxyl groups is 1. The monoisotopic (exact) mass is 688 g/mol. The molecule has 44 heavy (non-hydrogen) atoms. The van der Waals surface area contributed by atoms with E-state index in [1.807, 2.05) is 0 Å². The summed E-state index contributed by atoms with van der Waals surface area (Å²) >= 11 is 9.32. The highest BCUT2D eigenvalue weighted by atomic mass is 79.9. The van der Waals surface area contributed by atoms with Crippen LogP contribution in [0.3, 0.4) is 0 Å². The van der Waals surface area contributed by atoms with E-state index in [1.54, 1.807) is 26.0 Å². The van der Waals surface area contributed by atoms with Gasteiger partial charge in [0.15, 0.2) is 5.75 Å². The van der Waals surface area contributed by atoms with Crippen LogP contribution in [0.2, 0.25) is 5.02 Å². The van der Waals surface area contributed by atoms with Gasteiger partial charge in [0, 0.05) is 22.6 Å². The van der Waals surface area contributed by atoms with Crippen LogP contribution in [0.5, 0.6) is 11.5 Å². The van der Waals surface area contributed by atoms with E-state index in [1.165, 1.54) is 19.2 Å². The van der Waals surface area contributed by atoms with Crippen molar-refractivity contribution in [1.29, 1.82) is 0 Å². The molecule has 0 radical (unpaired) electrons. The van der Waals surface area contributed by atoms with Crippen LogP contribution in [0.15, 0.2) is 40.9 Å². The fraction of sp³-hybridized carbons (Fsp3) is 0.290. The SMILES string of the molecule is CCOc1c(C(N)=O)cc([C@@](O)(CNC(=O)c2cc(OC)c3nc(C)c(Cl)cc3c2)C2CC2)nc1-c1cc(Br)c(F)cc1F. The van der Waals surface area contributed by atoms with Gasteiger partial charge in [0.25, 0.3) is 11.8 Å². The van der Waals surface area contributed by atoms with Gasteiger partial charge in [-0.2, -0.15) is 0 Å². The number of nitrogens with zero attached hydrogens (tertiary/aromatic N) is 2. The van der Waals surface area contributed by atoms with E-state index < -0.39 is 29.0 Å². The molecule has 1 saturated carbocycles. The Balaban J connectivity index is 1.57. The van der Waals surface area contributed by atoms with E-state index >= 15 is 4.39 Å². The average molecular weight is 690 g/mol. The molecule has 1 atom stereocenters. The lowest BCUT2D eigenvalue weighted by Gasteiger charge is -2.29. The summed E-state index contributed by atoms with van der Waals surface area (Å²) in [4.78, 5) is 35.0. The van der Waals surface area contributed by atoms with Crippen LogP contribution < -0.4 is 20.5 Å². The molecular formula is C31H28BrClF2N4O5. The number of nitrogens with two attached hydrogens (primary N) is 1. The standard InChI is InChI=1S/C31H28BrClF2N4O5/c1-4-44-28-19(29(36)40)11-25(39-27(28)18-10-20(32)23(35)12-22(18)34)31(42,17-5-6-17)13-37-30(41)16-7-15-8-21(33)14(2)38-26(15)24(9-16)43-3/h7-12,17,42H,4-6,13H2,1-3H3,(H2,36,40)(H,37,41)/t31-/m1/s1. The highest BCUT2D eigenvalue weighted by Crippen LogP contribution is 2.47. The Labute approximate surface area is 264 Å². The van der Waals surface area contributed by atoms with Crippen molar-refractivity contribution in [1.82, 2.24) is 15.3 Å². The molecule has 0 saturated heterocycles. The minimum absolute atomic E-state index is 0.0325. The van der Waals surface area contributed by atoms with Gasteiger partial charge in [0.2, 0.25) is 0 Å². The predicted molar refractivity (Wildman–Crippen MR) is 164 cm³/mol. The Bertz CT molecular complexity index is 1820. The van der Waals surface area contributed by atoms with Gasteiger partial charge in [0.05, 0.1) is 46.7 Å². The van der Waals surface area contributed by atoms with Gasteiger partial charge in [-0.05, 0) is 78.9 Å². The number of nitrogens with one attached hydrogen (secondary N) is 1. The lowest BCUT2D eigenvalue weighted by Crippen LogP contribution is -2.43. The molecule has 13 heteroatoms. The maximum absolute atomic E-state index is 15.1. The zero-order valence-corrected chi connectivity index (χ0v) is 26.3. The average Bonchev–Trinajstić information content (AvgIpc) is 3.84. The number of aryl methyl sites for hydroxylation is 1. The van der Waals surface area contributed by atoms with E-state index in [0.29, 0.717) is 46.3 Å². The molecule has 2 aromatic carbocycles. The van der Waals surface area contributed by atoms with Crippen molar-refractivity contribution in [2.75, 3.05) is 20.3 Å². The summed E-state index contributed by atoms with van der Waals surface area (Å²) in [5.74, 6) is -3.35. The Morgan fingerprint density at radius 2 is 1.89 bits per heavy atom. The largest absolute Gasteiger partial charge is 0.494 e. The molecule has 0 unspecified atom stereocenters. The summed E-state index contributed by atoms with van der Waals surface area (Å²) in [6.45, 7) is 3.19. The summed E-state index contributed by atoms with van der Waals surface area (Å²) in [5.41, 5.74) is 4.75. The molecule has 1 aliphatic carbocycles. The lowest BCUT2D eigenvalue weighted by molar-refractivity contribution is 0.00946. The predicted octanol–water partition coefficient (Wildman–Crippen LogP) is 5.83. The third kappa shape index (κ3) is 5.93. The molecule has 2 heterocycles. The van der Waals surface area contributed by atoms with E-state index in [4.69, 9.17) is 26.8 Å². The molecule has 4 N–H and O–H groups in total. The Morgan fingerprint density at radius 1 is 1.16 bits per heavy atom. The number of aromatic nitrogens is 2. The van der Waals surface area contributed by atoms with Crippen LogP contribution >= 0.6 is 27.5 Å². The van der Waals surface area contributed by atoms with Crippen molar-refractivity contribution in [2.45, 2.75) is 32.3 Å². The minimum Gasteiger partial charge on any atom is -0.494 e. The number of carbonyl (C=O) groups is 2. The number of rotatable bonds is 10. The number of benzene rings is 2. The molecule has 2 aromatic heterocycles. The van der Waals surface area contributed by atoms with Crippen molar-refractivity contribution < 1.29 is 33.0 Å². The van der Waals surface area contributed by atoms with E-state index in [-0.39, 0.29) is 57.4 Å². The molecule has 9 nitrogen and oxygen atoms in total. The third-order valence-corrected chi connectivity index (χ3v) is 8.49. The first-order chi connectivity index (χ1) is 20.9. The Morgan fingerprint density at radius 3 is 2.52 bits per heavy atom. The second-order valence-electron chi connectivity index (χ2n) is 10.5. The number of hydrogen-bond acceptors (Lipinski definition) is 7. The van der Waals surface area contributed by atoms with Gasteiger partial charge in [-0.1, -0.05) is 11.6 Å². The molecule has 1 aliphatic rings. The zero-order valence-electron chi connectivity index (χ0n) is 23.9. The van der Waals surface area contributed by atoms with Crippen LogP contribution in [0.4, 0.5) is 8.78 Å². The van der Waals surface area contributed by atoms with Crippen LogP contribution in [-0.4, -0.2) is 47.2 Å². The van der Waals surface area contributed by atoms with Crippen molar-refractivity contribution in [2.24, 2.45) is 11.7 Å². The molecule has 2 amide bonds. The highest BCUT2D eigenvalue weighted by Gasteiger charge is 2.47. The number of amides is 2. The van der Waals surface area contributed by atoms with Crippen LogP contribution in [-0.2, 0) is 5.60 Å². The summed E-state index contributed by atoms with van der Waals surface area (Å²) < 4.78 is 40.3. The Kier molecular flexibility index (Phi) is 8.79. The van der Waals surface area contributed by atoms with E-state index in [2.05, 4.69) is 31.2 Å². The second-order valence-corrected chi connectivity index (χ2v) is 11.7. The van der Waals surface area contributed by atoms with Crippen molar-refractivity contribution in [3.8, 4) is 22.8 Å².